The molecule has 0 radical (unpaired) electrons. The molecule has 4 aromatic rings. The van der Waals surface area contributed by atoms with Gasteiger partial charge in [-0.25, -0.2) is 9.78 Å². The molecule has 154 valence electrons. The van der Waals surface area contributed by atoms with Gasteiger partial charge >= 0.3 is 11.7 Å². The molecule has 1 unspecified atom stereocenters. The van der Waals surface area contributed by atoms with Gasteiger partial charge in [0.15, 0.2) is 0 Å². The Morgan fingerprint density at radius 1 is 1.13 bits per heavy atom. The lowest BCUT2D eigenvalue weighted by atomic mass is 10.1. The second-order valence-corrected chi connectivity index (χ2v) is 8.23. The van der Waals surface area contributed by atoms with Crippen LogP contribution in [-0.4, -0.2) is 16.9 Å². The Kier molecular flexibility index (Phi) is 5.04. The summed E-state index contributed by atoms with van der Waals surface area (Å²) in [6, 6.07) is 19.2. The zero-order valence-electron chi connectivity index (χ0n) is 17.0. The van der Waals surface area contributed by atoms with Crippen LogP contribution < -0.4 is 9.88 Å². The Hall–Kier alpha value is -3.44. The van der Waals surface area contributed by atoms with E-state index in [-0.39, 0.29) is 5.91 Å². The van der Waals surface area contributed by atoms with Crippen molar-refractivity contribution >= 4 is 23.3 Å². The first kappa shape index (κ1) is 19.5. The van der Waals surface area contributed by atoms with Gasteiger partial charge in [-0.15, -0.1) is 0 Å². The predicted molar refractivity (Wildman–Crippen MR) is 119 cm³/mol. The topological polar surface area (TPSA) is 59.0 Å². The molecule has 1 aliphatic rings. The molecular formula is C25H21ClN3O2+. The second-order valence-electron chi connectivity index (χ2n) is 7.79. The minimum absolute atomic E-state index is 0.0249. The average Bonchev–Trinajstić information content (AvgIpc) is 3.37. The Balaban J connectivity index is 1.59. The number of nitrogens with zero attached hydrogens (tertiary/aromatic N) is 2. The fraction of sp³-hybridized carbons (Fsp3) is 0.160. The number of hydrogen-bond acceptors (Lipinski definition) is 4. The summed E-state index contributed by atoms with van der Waals surface area (Å²) in [6.45, 7) is 1.99. The molecule has 0 fully saturated rings. The first-order valence-corrected chi connectivity index (χ1v) is 10.5. The van der Waals surface area contributed by atoms with E-state index in [2.05, 4.69) is 17.4 Å². The van der Waals surface area contributed by atoms with Crippen LogP contribution in [0.25, 0.3) is 11.3 Å². The van der Waals surface area contributed by atoms with Crippen LogP contribution in [0.1, 0.15) is 27.4 Å². The minimum atomic E-state index is -0.404. The molecule has 2 aromatic carbocycles. The summed E-state index contributed by atoms with van der Waals surface area (Å²) in [6.07, 6.45) is 4.50. The van der Waals surface area contributed by atoms with Gasteiger partial charge in [-0.05, 0) is 48.4 Å². The number of fused-ring (bicyclic) bond motifs is 1. The highest BCUT2D eigenvalue weighted by Gasteiger charge is 2.41. The molecule has 0 saturated heterocycles. The molecule has 3 heterocycles. The number of hydrogen-bond donors (Lipinski definition) is 1. The maximum absolute atomic E-state index is 13.3. The van der Waals surface area contributed by atoms with Crippen LogP contribution in [0.3, 0.4) is 0 Å². The first-order valence-electron chi connectivity index (χ1n) is 10.2. The van der Waals surface area contributed by atoms with E-state index < -0.39 is 6.04 Å². The average molecular weight is 431 g/mol. The van der Waals surface area contributed by atoms with Gasteiger partial charge in [-0.2, -0.15) is 4.57 Å². The minimum Gasteiger partial charge on any atom is -0.469 e. The van der Waals surface area contributed by atoms with E-state index >= 15 is 0 Å². The fourth-order valence-corrected chi connectivity index (χ4v) is 4.27. The molecular weight excluding hydrogens is 410 g/mol. The molecule has 0 aliphatic carbocycles. The predicted octanol–water partition coefficient (Wildman–Crippen LogP) is 4.86. The summed E-state index contributed by atoms with van der Waals surface area (Å²) in [5.74, 6) is 1.47. The molecule has 1 N–H and O–H groups in total. The van der Waals surface area contributed by atoms with E-state index in [0.29, 0.717) is 23.6 Å². The van der Waals surface area contributed by atoms with Gasteiger partial charge in [0.25, 0.3) is 0 Å². The summed E-state index contributed by atoms with van der Waals surface area (Å²) in [4.78, 5) is 18.2. The number of nitrogens with one attached hydrogen (secondary N) is 1. The van der Waals surface area contributed by atoms with Crippen molar-refractivity contribution in [2.75, 3.05) is 5.32 Å². The van der Waals surface area contributed by atoms with Crippen molar-refractivity contribution in [1.82, 2.24) is 4.98 Å². The van der Waals surface area contributed by atoms with Crippen LogP contribution in [0.4, 0.5) is 5.82 Å². The van der Waals surface area contributed by atoms with Crippen LogP contribution in [0.2, 0.25) is 5.02 Å². The number of aromatic nitrogens is 2. The molecule has 5 nitrogen and oxygen atoms in total. The Morgan fingerprint density at radius 2 is 1.97 bits per heavy atom. The maximum atomic E-state index is 13.3. The summed E-state index contributed by atoms with van der Waals surface area (Å²) < 4.78 is 7.14. The molecule has 5 rings (SSSR count). The zero-order chi connectivity index (χ0) is 21.4. The molecule has 0 spiro atoms. The highest BCUT2D eigenvalue weighted by molar-refractivity contribution is 6.30. The second kappa shape index (κ2) is 8.00. The number of carbonyl (C=O) groups is 1. The maximum Gasteiger partial charge on any atom is 0.359 e. The molecule has 0 bridgehead atoms. The van der Waals surface area contributed by atoms with E-state index in [9.17, 15) is 4.79 Å². The van der Waals surface area contributed by atoms with Crippen LogP contribution in [0.5, 0.6) is 0 Å². The summed E-state index contributed by atoms with van der Waals surface area (Å²) in [5.41, 5.74) is 4.59. The zero-order valence-corrected chi connectivity index (χ0v) is 17.8. The number of aryl methyl sites for hydroxylation is 1. The number of halogens is 1. The standard InChI is InChI=1S/C25H20ClN3O2/c1-16-10-18(13-19(26)11-16)23-15-29-24(21(27-23)12-17-6-3-2-4-7-17)28-22(25(29)30)14-20-8-5-9-31-20/h2-11,13,15,22H,12,14H2,1H3/p+1. The van der Waals surface area contributed by atoms with E-state index in [1.54, 1.807) is 17.0 Å². The summed E-state index contributed by atoms with van der Waals surface area (Å²) in [7, 11) is 0. The highest BCUT2D eigenvalue weighted by Crippen LogP contribution is 2.27. The Bertz CT molecular complexity index is 1230. The van der Waals surface area contributed by atoms with Crippen molar-refractivity contribution in [2.24, 2.45) is 0 Å². The lowest BCUT2D eigenvalue weighted by Crippen LogP contribution is -2.44. The highest BCUT2D eigenvalue weighted by atomic mass is 35.5. The largest absolute Gasteiger partial charge is 0.469 e. The molecule has 2 aromatic heterocycles. The molecule has 0 amide bonds. The monoisotopic (exact) mass is 430 g/mol. The smallest absolute Gasteiger partial charge is 0.359 e. The van der Waals surface area contributed by atoms with Gasteiger partial charge < -0.3 is 4.42 Å². The normalized spacial score (nSPS) is 15.0. The van der Waals surface area contributed by atoms with Gasteiger partial charge in [0.1, 0.15) is 23.3 Å². The van der Waals surface area contributed by atoms with Crippen LogP contribution in [0.15, 0.2) is 77.5 Å². The van der Waals surface area contributed by atoms with E-state index in [0.717, 1.165) is 34.0 Å². The van der Waals surface area contributed by atoms with Crippen molar-refractivity contribution < 1.29 is 13.8 Å². The summed E-state index contributed by atoms with van der Waals surface area (Å²) in [5, 5.41) is 4.02. The van der Waals surface area contributed by atoms with Gasteiger partial charge in [-0.1, -0.05) is 41.9 Å². The summed E-state index contributed by atoms with van der Waals surface area (Å²) >= 11 is 6.29. The van der Waals surface area contributed by atoms with Crippen molar-refractivity contribution in [3.05, 3.63) is 101 Å². The van der Waals surface area contributed by atoms with Crippen molar-refractivity contribution in [3.63, 3.8) is 0 Å². The molecule has 0 saturated carbocycles. The van der Waals surface area contributed by atoms with Gasteiger partial charge in [0.2, 0.25) is 6.04 Å². The van der Waals surface area contributed by atoms with Gasteiger partial charge in [0, 0.05) is 17.0 Å². The fourth-order valence-electron chi connectivity index (χ4n) is 3.98. The van der Waals surface area contributed by atoms with E-state index in [4.69, 9.17) is 21.0 Å². The third-order valence-electron chi connectivity index (χ3n) is 5.41. The van der Waals surface area contributed by atoms with Crippen molar-refractivity contribution in [1.29, 1.82) is 0 Å². The third-order valence-corrected chi connectivity index (χ3v) is 5.62. The number of rotatable bonds is 5. The molecule has 31 heavy (non-hydrogen) atoms. The number of anilines is 1. The van der Waals surface area contributed by atoms with Crippen molar-refractivity contribution in [3.8, 4) is 11.3 Å². The quantitative estimate of drug-likeness (QED) is 0.459. The Labute approximate surface area is 185 Å². The van der Waals surface area contributed by atoms with Crippen LogP contribution >= 0.6 is 11.6 Å². The number of furan rings is 1. The number of carbonyl (C=O) groups excluding carboxylic acids is 1. The van der Waals surface area contributed by atoms with Gasteiger partial charge in [0.05, 0.1) is 12.7 Å². The van der Waals surface area contributed by atoms with E-state index in [1.165, 1.54) is 0 Å². The molecule has 1 atom stereocenters. The Morgan fingerprint density at radius 3 is 2.71 bits per heavy atom. The van der Waals surface area contributed by atoms with Gasteiger partial charge in [-0.3, -0.25) is 5.32 Å². The lowest BCUT2D eigenvalue weighted by Gasteiger charge is -2.08. The number of benzene rings is 2. The van der Waals surface area contributed by atoms with Crippen LogP contribution in [-0.2, 0) is 12.8 Å². The molecule has 1 aliphatic heterocycles. The third kappa shape index (κ3) is 3.97. The van der Waals surface area contributed by atoms with Crippen molar-refractivity contribution in [2.45, 2.75) is 25.8 Å². The lowest BCUT2D eigenvalue weighted by molar-refractivity contribution is -0.552. The SMILES string of the molecule is Cc1cc(Cl)cc(-c2c[n+]3c(c(Cc4ccccc4)n2)NC(Cc2ccco2)C3=O)c1. The first-order chi connectivity index (χ1) is 15.1. The van der Waals surface area contributed by atoms with E-state index in [1.807, 2.05) is 55.5 Å². The van der Waals surface area contributed by atoms with Crippen LogP contribution in [0, 0.1) is 6.92 Å². The molecule has 6 heteroatoms.